The first-order valence-corrected chi connectivity index (χ1v) is 6.51. The highest BCUT2D eigenvalue weighted by molar-refractivity contribution is 5.95. The van der Waals surface area contributed by atoms with Gasteiger partial charge in [0.15, 0.2) is 0 Å². The Kier molecular flexibility index (Phi) is 4.92. The molecule has 0 atom stereocenters. The van der Waals surface area contributed by atoms with Gasteiger partial charge in [-0.25, -0.2) is 0 Å². The summed E-state index contributed by atoms with van der Waals surface area (Å²) in [6.07, 6.45) is 0. The summed E-state index contributed by atoms with van der Waals surface area (Å²) < 4.78 is 4.94. The van der Waals surface area contributed by atoms with Crippen LogP contribution < -0.4 is 15.4 Å². The number of amides is 1. The van der Waals surface area contributed by atoms with Crippen LogP contribution in [0, 0.1) is 10.1 Å². The van der Waals surface area contributed by atoms with Gasteiger partial charge in [-0.15, -0.1) is 0 Å². The van der Waals surface area contributed by atoms with Gasteiger partial charge in [0.1, 0.15) is 11.4 Å². The molecule has 22 heavy (non-hydrogen) atoms. The Balaban J connectivity index is 2.03. The average Bonchev–Trinajstić information content (AvgIpc) is 2.54. The molecule has 114 valence electrons. The van der Waals surface area contributed by atoms with Crippen molar-refractivity contribution in [2.24, 2.45) is 0 Å². The van der Waals surface area contributed by atoms with Crippen molar-refractivity contribution in [3.8, 4) is 5.75 Å². The van der Waals surface area contributed by atoms with Crippen LogP contribution in [0.2, 0.25) is 0 Å². The molecule has 0 heterocycles. The molecule has 0 radical (unpaired) electrons. The fourth-order valence-corrected chi connectivity index (χ4v) is 1.83. The monoisotopic (exact) mass is 301 g/mol. The van der Waals surface area contributed by atoms with Crippen molar-refractivity contribution in [3.05, 3.63) is 58.6 Å². The summed E-state index contributed by atoms with van der Waals surface area (Å²) in [5.41, 5.74) is 0.708. The topological polar surface area (TPSA) is 93.5 Å². The summed E-state index contributed by atoms with van der Waals surface area (Å²) in [6.45, 7) is 0.00714. The molecule has 2 aromatic rings. The number of anilines is 2. The number of ether oxygens (including phenoxy) is 1. The molecular weight excluding hydrogens is 286 g/mol. The zero-order valence-corrected chi connectivity index (χ0v) is 11.9. The average molecular weight is 301 g/mol. The summed E-state index contributed by atoms with van der Waals surface area (Å²) in [4.78, 5) is 22.4. The predicted molar refractivity (Wildman–Crippen MR) is 83.2 cm³/mol. The largest absolute Gasteiger partial charge is 0.496 e. The maximum absolute atomic E-state index is 11.9. The van der Waals surface area contributed by atoms with Crippen LogP contribution in [0.1, 0.15) is 0 Å². The smallest absolute Gasteiger partial charge is 0.296 e. The molecule has 0 aliphatic rings. The van der Waals surface area contributed by atoms with E-state index in [1.165, 1.54) is 19.2 Å². The Hall–Kier alpha value is -3.09. The Bertz CT molecular complexity index is 674. The van der Waals surface area contributed by atoms with Crippen LogP contribution >= 0.6 is 0 Å². The Morgan fingerprint density at radius 1 is 1.23 bits per heavy atom. The summed E-state index contributed by atoms with van der Waals surface area (Å²) in [6, 6.07) is 13.5. The number of hydrogen-bond acceptors (Lipinski definition) is 5. The second-order valence-corrected chi connectivity index (χ2v) is 4.41. The van der Waals surface area contributed by atoms with Gasteiger partial charge in [-0.1, -0.05) is 18.2 Å². The van der Waals surface area contributed by atoms with Gasteiger partial charge in [-0.2, -0.15) is 0 Å². The number of nitro benzene ring substituents is 1. The first kappa shape index (κ1) is 15.3. The normalized spacial score (nSPS) is 9.86. The molecule has 2 N–H and O–H groups in total. The summed E-state index contributed by atoms with van der Waals surface area (Å²) in [5, 5.41) is 16.5. The first-order chi connectivity index (χ1) is 10.6. The molecule has 0 aliphatic heterocycles. The molecule has 0 aliphatic carbocycles. The number of benzene rings is 2. The van der Waals surface area contributed by atoms with Gasteiger partial charge in [-0.3, -0.25) is 14.9 Å². The fraction of sp³-hybridized carbons (Fsp3) is 0.133. The molecule has 7 nitrogen and oxygen atoms in total. The molecule has 0 fully saturated rings. The highest BCUT2D eigenvalue weighted by atomic mass is 16.6. The number of para-hydroxylation sites is 1. The van der Waals surface area contributed by atoms with Crippen LogP contribution in [0.15, 0.2) is 48.5 Å². The van der Waals surface area contributed by atoms with Crippen molar-refractivity contribution in [3.63, 3.8) is 0 Å². The third-order valence-corrected chi connectivity index (χ3v) is 2.90. The number of rotatable bonds is 6. The van der Waals surface area contributed by atoms with E-state index in [2.05, 4.69) is 10.6 Å². The summed E-state index contributed by atoms with van der Waals surface area (Å²) >= 11 is 0. The lowest BCUT2D eigenvalue weighted by molar-refractivity contribution is -0.384. The van der Waals surface area contributed by atoms with Crippen LogP contribution in [-0.4, -0.2) is 24.5 Å². The Morgan fingerprint density at radius 3 is 2.59 bits per heavy atom. The van der Waals surface area contributed by atoms with Crippen molar-refractivity contribution in [1.82, 2.24) is 0 Å². The third-order valence-electron chi connectivity index (χ3n) is 2.90. The van der Waals surface area contributed by atoms with Crippen LogP contribution in [0.4, 0.5) is 17.1 Å². The van der Waals surface area contributed by atoms with E-state index < -0.39 is 4.92 Å². The molecule has 7 heteroatoms. The van der Waals surface area contributed by atoms with E-state index in [1.807, 2.05) is 30.3 Å². The maximum Gasteiger partial charge on any atom is 0.296 e. The van der Waals surface area contributed by atoms with Gasteiger partial charge in [-0.05, 0) is 24.3 Å². The number of hydrogen-bond donors (Lipinski definition) is 2. The molecular formula is C15H15N3O4. The lowest BCUT2D eigenvalue weighted by Gasteiger charge is -2.09. The van der Waals surface area contributed by atoms with Gasteiger partial charge in [0.2, 0.25) is 5.91 Å². The summed E-state index contributed by atoms with van der Waals surface area (Å²) in [7, 11) is 1.42. The quantitative estimate of drug-likeness (QED) is 0.632. The standard InChI is InChI=1S/C15H15N3O4/c1-22-12-7-8-13(14(9-12)18(20)21)17-15(19)10-16-11-5-3-2-4-6-11/h2-9,16H,10H2,1H3,(H,17,19). The lowest BCUT2D eigenvalue weighted by Crippen LogP contribution is -2.22. The van der Waals surface area contributed by atoms with Crippen molar-refractivity contribution < 1.29 is 14.5 Å². The molecule has 2 aromatic carbocycles. The Morgan fingerprint density at radius 2 is 1.95 bits per heavy atom. The van der Waals surface area contributed by atoms with Gasteiger partial charge in [0, 0.05) is 5.69 Å². The van der Waals surface area contributed by atoms with Gasteiger partial charge >= 0.3 is 0 Å². The van der Waals surface area contributed by atoms with Crippen LogP contribution in [0.25, 0.3) is 0 Å². The van der Waals surface area contributed by atoms with Crippen LogP contribution in [-0.2, 0) is 4.79 Å². The van der Waals surface area contributed by atoms with E-state index in [4.69, 9.17) is 4.74 Å². The molecule has 0 aromatic heterocycles. The minimum Gasteiger partial charge on any atom is -0.496 e. The zero-order chi connectivity index (χ0) is 15.9. The number of nitrogens with zero attached hydrogens (tertiary/aromatic N) is 1. The van der Waals surface area contributed by atoms with Crippen molar-refractivity contribution in [2.45, 2.75) is 0 Å². The van der Waals surface area contributed by atoms with E-state index in [-0.39, 0.29) is 23.8 Å². The Labute approximate surface area is 127 Å². The second-order valence-electron chi connectivity index (χ2n) is 4.41. The summed E-state index contributed by atoms with van der Waals surface area (Å²) in [5.74, 6) is -0.0239. The first-order valence-electron chi connectivity index (χ1n) is 6.51. The number of nitrogens with one attached hydrogen (secondary N) is 2. The van der Waals surface area contributed by atoms with Crippen molar-refractivity contribution >= 4 is 23.0 Å². The second kappa shape index (κ2) is 7.07. The van der Waals surface area contributed by atoms with Crippen LogP contribution in [0.3, 0.4) is 0 Å². The highest BCUT2D eigenvalue weighted by Gasteiger charge is 2.17. The van der Waals surface area contributed by atoms with E-state index in [0.29, 0.717) is 5.75 Å². The molecule has 0 spiro atoms. The number of nitro groups is 1. The van der Waals surface area contributed by atoms with Gasteiger partial charge < -0.3 is 15.4 Å². The van der Waals surface area contributed by atoms with Gasteiger partial charge in [0.05, 0.1) is 24.6 Å². The lowest BCUT2D eigenvalue weighted by atomic mass is 10.2. The van der Waals surface area contributed by atoms with E-state index in [0.717, 1.165) is 5.69 Å². The van der Waals surface area contributed by atoms with Crippen molar-refractivity contribution in [1.29, 1.82) is 0 Å². The fourth-order valence-electron chi connectivity index (χ4n) is 1.83. The van der Waals surface area contributed by atoms with Crippen molar-refractivity contribution in [2.75, 3.05) is 24.3 Å². The molecule has 0 saturated carbocycles. The minimum absolute atomic E-state index is 0.00714. The predicted octanol–water partition coefficient (Wildman–Crippen LogP) is 2.65. The third kappa shape index (κ3) is 3.95. The van der Waals surface area contributed by atoms with E-state index in [9.17, 15) is 14.9 Å². The van der Waals surface area contributed by atoms with E-state index in [1.54, 1.807) is 6.07 Å². The zero-order valence-electron chi connectivity index (χ0n) is 11.9. The maximum atomic E-state index is 11.9. The van der Waals surface area contributed by atoms with Gasteiger partial charge in [0.25, 0.3) is 5.69 Å². The highest BCUT2D eigenvalue weighted by Crippen LogP contribution is 2.28. The van der Waals surface area contributed by atoms with E-state index >= 15 is 0 Å². The molecule has 0 saturated heterocycles. The molecule has 0 unspecified atom stereocenters. The minimum atomic E-state index is -0.567. The SMILES string of the molecule is COc1ccc(NC(=O)CNc2ccccc2)c([N+](=O)[O-])c1. The number of carbonyl (C=O) groups is 1. The number of methoxy groups -OCH3 is 1. The molecule has 2 rings (SSSR count). The molecule has 0 bridgehead atoms. The molecule has 1 amide bonds. The number of carbonyl (C=O) groups excluding carboxylic acids is 1. The van der Waals surface area contributed by atoms with Crippen LogP contribution in [0.5, 0.6) is 5.75 Å².